The number of carboxylic acid groups (broad SMARTS) is 1. The van der Waals surface area contributed by atoms with Gasteiger partial charge in [-0.05, 0) is 12.8 Å². The highest BCUT2D eigenvalue weighted by molar-refractivity contribution is 5.75. The molecule has 2 saturated heterocycles. The fourth-order valence-electron chi connectivity index (χ4n) is 3.62. The molecule has 0 aliphatic carbocycles. The van der Waals surface area contributed by atoms with E-state index in [9.17, 15) is 45.6 Å². The molecule has 10 atom stereocenters. The van der Waals surface area contributed by atoms with Crippen molar-refractivity contribution in [3.63, 3.8) is 0 Å². The number of nitrogens with two attached hydrogens (primary N) is 2. The van der Waals surface area contributed by atoms with Gasteiger partial charge in [0, 0.05) is 6.54 Å². The first-order chi connectivity index (χ1) is 15.9. The van der Waals surface area contributed by atoms with Gasteiger partial charge in [-0.25, -0.2) is 0 Å². The van der Waals surface area contributed by atoms with E-state index >= 15 is 0 Å². The number of aliphatic carboxylic acids is 1. The first kappa shape index (κ1) is 28.5. The summed E-state index contributed by atoms with van der Waals surface area (Å²) in [7, 11) is 0. The third-order valence-corrected chi connectivity index (χ3v) is 5.64. The molecule has 13 N–H and O–H groups in total. The van der Waals surface area contributed by atoms with Crippen molar-refractivity contribution in [1.82, 2.24) is 5.32 Å². The number of nitrogens with one attached hydrogen (secondary N) is 1. The molecular weight excluding hydrogens is 464 g/mol. The Morgan fingerprint density at radius 1 is 1.18 bits per heavy atom. The van der Waals surface area contributed by atoms with Gasteiger partial charge < -0.3 is 66.5 Å². The number of aliphatic hydroxyl groups is 7. The van der Waals surface area contributed by atoms with Crippen LogP contribution in [-0.2, 0) is 19.0 Å². The van der Waals surface area contributed by atoms with Crippen molar-refractivity contribution < 1.29 is 59.9 Å². The van der Waals surface area contributed by atoms with E-state index < -0.39 is 86.6 Å². The van der Waals surface area contributed by atoms with E-state index in [-0.39, 0.29) is 18.9 Å². The molecule has 16 heteroatoms. The maximum Gasteiger partial charge on any atom is 0.320 e. The second-order valence-corrected chi connectivity index (χ2v) is 8.19. The summed E-state index contributed by atoms with van der Waals surface area (Å²) in [6, 6.07) is -1.16. The van der Waals surface area contributed by atoms with Gasteiger partial charge in [-0.15, -0.1) is 0 Å². The van der Waals surface area contributed by atoms with Crippen LogP contribution in [0.25, 0.3) is 0 Å². The van der Waals surface area contributed by atoms with Crippen LogP contribution < -0.4 is 16.8 Å². The molecule has 2 aliphatic rings. The largest absolute Gasteiger partial charge is 0.480 e. The second-order valence-electron chi connectivity index (χ2n) is 8.19. The monoisotopic (exact) mass is 498 g/mol. The highest BCUT2D eigenvalue weighted by atomic mass is 16.7. The number of rotatable bonds is 11. The molecule has 2 heterocycles. The number of aliphatic hydroxyl groups excluding tert-OH is 6. The summed E-state index contributed by atoms with van der Waals surface area (Å²) >= 11 is 0. The molecule has 0 aromatic heterocycles. The van der Waals surface area contributed by atoms with Crippen molar-refractivity contribution in [1.29, 1.82) is 0 Å². The summed E-state index contributed by atoms with van der Waals surface area (Å²) in [4.78, 5) is 15.3. The summed E-state index contributed by atoms with van der Waals surface area (Å²) in [5.41, 5.74) is 10.4. The molecule has 0 amide bonds. The van der Waals surface area contributed by atoms with Gasteiger partial charge in [-0.1, -0.05) is 0 Å². The summed E-state index contributed by atoms with van der Waals surface area (Å²) in [5, 5.41) is 82.7. The molecule has 10 unspecified atom stereocenters. The summed E-state index contributed by atoms with van der Waals surface area (Å²) in [5.74, 6) is -3.80. The van der Waals surface area contributed by atoms with Crippen molar-refractivity contribution in [2.75, 3.05) is 26.3 Å². The van der Waals surface area contributed by atoms with Gasteiger partial charge >= 0.3 is 5.97 Å². The molecule has 2 fully saturated rings. The fraction of sp³-hybridized carbons (Fsp3) is 0.889. The number of nitrogens with zero attached hydrogens (tertiary/aromatic N) is 1. The average molecular weight is 498 g/mol. The predicted octanol–water partition coefficient (Wildman–Crippen LogP) is -6.29. The number of guanidine groups is 1. The van der Waals surface area contributed by atoms with Crippen LogP contribution >= 0.6 is 0 Å². The Labute approximate surface area is 194 Å². The van der Waals surface area contributed by atoms with E-state index in [2.05, 4.69) is 10.3 Å². The zero-order chi connectivity index (χ0) is 25.6. The second kappa shape index (κ2) is 12.3. The lowest BCUT2D eigenvalue weighted by atomic mass is 9.95. The van der Waals surface area contributed by atoms with Crippen molar-refractivity contribution in [3.8, 4) is 0 Å². The van der Waals surface area contributed by atoms with Crippen LogP contribution in [-0.4, -0.2) is 140 Å². The Morgan fingerprint density at radius 2 is 1.85 bits per heavy atom. The highest BCUT2D eigenvalue weighted by Gasteiger charge is 2.53. The number of carbonyl (C=O) groups is 1. The van der Waals surface area contributed by atoms with Crippen LogP contribution in [0.5, 0.6) is 0 Å². The number of hydrogen-bond acceptors (Lipinski definition) is 13. The summed E-state index contributed by atoms with van der Waals surface area (Å²) in [6.45, 7) is -1.68. The predicted molar refractivity (Wildman–Crippen MR) is 111 cm³/mol. The van der Waals surface area contributed by atoms with Crippen molar-refractivity contribution in [2.24, 2.45) is 16.5 Å². The molecule has 0 aromatic carbocycles. The summed E-state index contributed by atoms with van der Waals surface area (Å²) < 4.78 is 15.7. The SMILES string of the molecule is NC(N)=NCCCC(NCC1(O)OCC(O)C(OC2OC(CO)C(O)C(O)C2O)C1O)C(=O)O. The van der Waals surface area contributed by atoms with Gasteiger partial charge in [-0.3, -0.25) is 15.1 Å². The van der Waals surface area contributed by atoms with E-state index in [0.717, 1.165) is 0 Å². The molecule has 0 spiro atoms. The zero-order valence-electron chi connectivity index (χ0n) is 18.3. The molecule has 0 aromatic rings. The Morgan fingerprint density at radius 3 is 2.44 bits per heavy atom. The van der Waals surface area contributed by atoms with Crippen LogP contribution in [0, 0.1) is 0 Å². The molecule has 2 aliphatic heterocycles. The Balaban J connectivity index is 2.03. The normalized spacial score (nSPS) is 39.4. The lowest BCUT2D eigenvalue weighted by molar-refractivity contribution is -0.367. The third-order valence-electron chi connectivity index (χ3n) is 5.64. The Bertz CT molecular complexity index is 696. The van der Waals surface area contributed by atoms with E-state index in [4.69, 9.17) is 25.7 Å². The molecular formula is C18H34N4O12. The van der Waals surface area contributed by atoms with E-state index in [1.54, 1.807) is 0 Å². The molecule has 34 heavy (non-hydrogen) atoms. The van der Waals surface area contributed by atoms with Gasteiger partial charge in [0.05, 0.1) is 19.8 Å². The number of hydrogen-bond donors (Lipinski definition) is 11. The zero-order valence-corrected chi connectivity index (χ0v) is 18.3. The van der Waals surface area contributed by atoms with Crippen molar-refractivity contribution in [2.45, 2.75) is 73.7 Å². The summed E-state index contributed by atoms with van der Waals surface area (Å²) in [6.07, 6.45) is -12.9. The first-order valence-electron chi connectivity index (χ1n) is 10.6. The van der Waals surface area contributed by atoms with Crippen LogP contribution in [0.3, 0.4) is 0 Å². The smallest absolute Gasteiger partial charge is 0.320 e. The minimum atomic E-state index is -2.41. The van der Waals surface area contributed by atoms with Crippen LogP contribution in [0.1, 0.15) is 12.8 Å². The minimum Gasteiger partial charge on any atom is -0.480 e. The Hall–Kier alpha value is -1.70. The van der Waals surface area contributed by atoms with E-state index in [0.29, 0.717) is 6.42 Å². The van der Waals surface area contributed by atoms with E-state index in [1.165, 1.54) is 0 Å². The fourth-order valence-corrected chi connectivity index (χ4v) is 3.62. The average Bonchev–Trinajstić information content (AvgIpc) is 2.78. The molecule has 0 radical (unpaired) electrons. The van der Waals surface area contributed by atoms with Crippen molar-refractivity contribution >= 4 is 11.9 Å². The number of ether oxygens (including phenoxy) is 3. The van der Waals surface area contributed by atoms with Gasteiger partial charge in [0.2, 0.25) is 5.79 Å². The number of aliphatic imine (C=N–C) groups is 1. The maximum absolute atomic E-state index is 11.5. The highest BCUT2D eigenvalue weighted by Crippen LogP contribution is 2.30. The van der Waals surface area contributed by atoms with Gasteiger partial charge in [0.25, 0.3) is 0 Å². The maximum atomic E-state index is 11.5. The van der Waals surface area contributed by atoms with Crippen LogP contribution in [0.2, 0.25) is 0 Å². The molecule has 0 bridgehead atoms. The topological polar surface area (TPSA) is 283 Å². The lowest BCUT2D eigenvalue weighted by Gasteiger charge is -2.47. The molecule has 0 saturated carbocycles. The van der Waals surface area contributed by atoms with Crippen LogP contribution in [0.15, 0.2) is 4.99 Å². The van der Waals surface area contributed by atoms with Crippen LogP contribution in [0.4, 0.5) is 0 Å². The Kier molecular flexibility index (Phi) is 10.3. The quantitative estimate of drug-likeness (QED) is 0.0717. The van der Waals surface area contributed by atoms with Gasteiger partial charge in [0.1, 0.15) is 48.8 Å². The minimum absolute atomic E-state index is 0.0751. The van der Waals surface area contributed by atoms with Gasteiger partial charge in [0.15, 0.2) is 12.2 Å². The van der Waals surface area contributed by atoms with E-state index in [1.807, 2.05) is 0 Å². The number of carboxylic acids is 1. The molecule has 198 valence electrons. The lowest BCUT2D eigenvalue weighted by Crippen LogP contribution is -2.68. The van der Waals surface area contributed by atoms with Gasteiger partial charge in [-0.2, -0.15) is 0 Å². The first-order valence-corrected chi connectivity index (χ1v) is 10.6. The third kappa shape index (κ3) is 6.92. The van der Waals surface area contributed by atoms with Crippen molar-refractivity contribution in [3.05, 3.63) is 0 Å². The standard InChI is InChI=1S/C18H34N4O12/c19-17(20)21-3-1-2-7(15(29)30)22-6-18(31)14(28)13(8(24)5-32-18)34-16-12(27)11(26)10(25)9(4-23)33-16/h7-14,16,22-28,31H,1-6H2,(H,29,30)(H4,19,20,21). The molecule has 16 nitrogen and oxygen atoms in total. The molecule has 2 rings (SSSR count).